The normalized spacial score (nSPS) is 19.2. The Labute approximate surface area is 230 Å². The Bertz CT molecular complexity index is 1230. The van der Waals surface area contributed by atoms with Gasteiger partial charge in [0, 0.05) is 38.9 Å². The highest BCUT2D eigenvalue weighted by atomic mass is 35.5. The van der Waals surface area contributed by atoms with Crippen molar-refractivity contribution < 1.29 is 14.4 Å². The molecule has 0 radical (unpaired) electrons. The van der Waals surface area contributed by atoms with Crippen LogP contribution < -0.4 is 21.0 Å². The fraction of sp³-hybridized carbons (Fsp3) is 0.400. The van der Waals surface area contributed by atoms with Crippen LogP contribution in [0.5, 0.6) is 0 Å². The first-order valence-corrected chi connectivity index (χ1v) is 13.3. The topological polar surface area (TPSA) is 98.8 Å². The second-order valence-electron chi connectivity index (χ2n) is 9.22. The third-order valence-electron chi connectivity index (χ3n) is 6.95. The smallest absolute Gasteiger partial charge is 0.272 e. The number of anilines is 1. The zero-order valence-electron chi connectivity index (χ0n) is 20.0. The number of nitrogens with zero attached hydrogens (tertiary/aromatic N) is 3. The SMILES string of the molecule is O=C(NCc1ccc(Cl)c(Cl)c1)C1=C(C(=O)N2CCN(c3ncccc3Cl)CC2)NOC12CCNCC2. The highest BCUT2D eigenvalue weighted by Gasteiger charge is 2.49. The van der Waals surface area contributed by atoms with Gasteiger partial charge in [-0.15, -0.1) is 0 Å². The Morgan fingerprint density at radius 2 is 1.78 bits per heavy atom. The molecule has 0 atom stereocenters. The molecule has 1 aromatic heterocycles. The molecule has 2 aromatic rings. The Morgan fingerprint density at radius 3 is 2.49 bits per heavy atom. The third kappa shape index (κ3) is 5.37. The second kappa shape index (κ2) is 11.0. The standard InChI is InChI=1S/C25H27Cl3N6O3/c26-17-4-3-16(14-19(17)28)15-31-23(35)20-21(32-37-25(20)5-8-29-9-6-25)24(36)34-12-10-33(11-13-34)22-18(27)2-1-7-30-22/h1-4,7,14,29,32H,5-6,8-13,15H2,(H,31,35). The fourth-order valence-corrected chi connectivity index (χ4v) is 5.50. The number of aromatic nitrogens is 1. The monoisotopic (exact) mass is 564 g/mol. The van der Waals surface area contributed by atoms with E-state index in [1.54, 1.807) is 41.4 Å². The van der Waals surface area contributed by atoms with Gasteiger partial charge in [-0.2, -0.15) is 0 Å². The lowest BCUT2D eigenvalue weighted by Crippen LogP contribution is -2.50. The predicted octanol–water partition coefficient (Wildman–Crippen LogP) is 2.92. The van der Waals surface area contributed by atoms with Gasteiger partial charge < -0.3 is 20.4 Å². The number of carbonyl (C=O) groups is 2. The Hall–Kier alpha value is -2.56. The van der Waals surface area contributed by atoms with Crippen LogP contribution >= 0.6 is 34.8 Å². The van der Waals surface area contributed by atoms with Gasteiger partial charge in [0.2, 0.25) is 0 Å². The van der Waals surface area contributed by atoms with Gasteiger partial charge in [-0.25, -0.2) is 4.98 Å². The Balaban J connectivity index is 1.34. The molecule has 3 aliphatic rings. The summed E-state index contributed by atoms with van der Waals surface area (Å²) in [5.74, 6) is 0.0934. The van der Waals surface area contributed by atoms with E-state index in [4.69, 9.17) is 39.6 Å². The summed E-state index contributed by atoms with van der Waals surface area (Å²) in [5, 5.41) is 7.66. The minimum atomic E-state index is -0.874. The Kier molecular flexibility index (Phi) is 7.78. The lowest BCUT2D eigenvalue weighted by Gasteiger charge is -2.36. The number of halogens is 3. The van der Waals surface area contributed by atoms with Gasteiger partial charge in [0.15, 0.2) is 0 Å². The molecule has 1 spiro atoms. The number of hydroxylamine groups is 1. The zero-order chi connectivity index (χ0) is 26.0. The summed E-state index contributed by atoms with van der Waals surface area (Å²) >= 11 is 18.4. The molecule has 2 fully saturated rings. The number of piperidine rings is 1. The highest BCUT2D eigenvalue weighted by Crippen LogP contribution is 2.37. The number of pyridine rings is 1. The molecule has 9 nitrogen and oxygen atoms in total. The summed E-state index contributed by atoms with van der Waals surface area (Å²) in [4.78, 5) is 41.3. The maximum atomic E-state index is 13.6. The van der Waals surface area contributed by atoms with Crippen molar-refractivity contribution in [1.82, 2.24) is 26.0 Å². The molecule has 2 amide bonds. The molecule has 0 unspecified atom stereocenters. The van der Waals surface area contributed by atoms with Crippen molar-refractivity contribution in [1.29, 1.82) is 0 Å². The van der Waals surface area contributed by atoms with Gasteiger partial charge >= 0.3 is 0 Å². The van der Waals surface area contributed by atoms with Gasteiger partial charge in [-0.3, -0.25) is 19.9 Å². The van der Waals surface area contributed by atoms with Gasteiger partial charge in [0.05, 0.1) is 20.6 Å². The summed E-state index contributed by atoms with van der Waals surface area (Å²) in [7, 11) is 0. The van der Waals surface area contributed by atoms with Crippen LogP contribution in [-0.4, -0.2) is 66.6 Å². The molecule has 12 heteroatoms. The lowest BCUT2D eigenvalue weighted by molar-refractivity contribution is -0.129. The summed E-state index contributed by atoms with van der Waals surface area (Å²) in [5.41, 5.74) is 3.28. The van der Waals surface area contributed by atoms with E-state index in [1.165, 1.54) is 0 Å². The van der Waals surface area contributed by atoms with Crippen LogP contribution in [0.3, 0.4) is 0 Å². The van der Waals surface area contributed by atoms with Gasteiger partial charge in [0.1, 0.15) is 17.1 Å². The molecule has 1 aromatic carbocycles. The van der Waals surface area contributed by atoms with Crippen molar-refractivity contribution >= 4 is 52.4 Å². The maximum absolute atomic E-state index is 13.6. The van der Waals surface area contributed by atoms with Crippen LogP contribution in [0.4, 0.5) is 5.82 Å². The summed E-state index contributed by atoms with van der Waals surface area (Å²) in [6, 6.07) is 8.78. The van der Waals surface area contributed by atoms with Gasteiger partial charge in [-0.1, -0.05) is 40.9 Å². The van der Waals surface area contributed by atoms with Crippen LogP contribution in [0.25, 0.3) is 0 Å². The van der Waals surface area contributed by atoms with E-state index in [2.05, 4.69) is 26.0 Å². The molecule has 196 valence electrons. The van der Waals surface area contributed by atoms with Crippen molar-refractivity contribution in [3.63, 3.8) is 0 Å². The summed E-state index contributed by atoms with van der Waals surface area (Å²) < 4.78 is 0. The van der Waals surface area contributed by atoms with Crippen LogP contribution in [0, 0.1) is 0 Å². The first kappa shape index (κ1) is 26.1. The quantitative estimate of drug-likeness (QED) is 0.513. The van der Waals surface area contributed by atoms with Crippen LogP contribution in [0.1, 0.15) is 18.4 Å². The minimum Gasteiger partial charge on any atom is -0.352 e. The minimum absolute atomic E-state index is 0.192. The third-order valence-corrected chi connectivity index (χ3v) is 7.98. The van der Waals surface area contributed by atoms with E-state index < -0.39 is 5.60 Å². The molecular weight excluding hydrogens is 539 g/mol. The van der Waals surface area contributed by atoms with Crippen LogP contribution in [0.15, 0.2) is 47.8 Å². The van der Waals surface area contributed by atoms with Crippen molar-refractivity contribution in [2.75, 3.05) is 44.2 Å². The number of piperazine rings is 1. The van der Waals surface area contributed by atoms with E-state index in [1.807, 2.05) is 0 Å². The molecule has 0 bridgehead atoms. The van der Waals surface area contributed by atoms with Crippen molar-refractivity contribution in [2.45, 2.75) is 25.0 Å². The molecule has 3 N–H and O–H groups in total. The van der Waals surface area contributed by atoms with E-state index in [0.717, 1.165) is 5.56 Å². The molecular formula is C25H27Cl3N6O3. The lowest BCUT2D eigenvalue weighted by atomic mass is 9.83. The highest BCUT2D eigenvalue weighted by molar-refractivity contribution is 6.42. The molecule has 3 aliphatic heterocycles. The number of hydrogen-bond donors (Lipinski definition) is 3. The largest absolute Gasteiger partial charge is 0.352 e. The van der Waals surface area contributed by atoms with E-state index >= 15 is 0 Å². The van der Waals surface area contributed by atoms with Crippen molar-refractivity contribution in [3.8, 4) is 0 Å². The second-order valence-corrected chi connectivity index (χ2v) is 10.4. The number of hydrogen-bond acceptors (Lipinski definition) is 7. The first-order chi connectivity index (χ1) is 17.9. The van der Waals surface area contributed by atoms with Crippen LogP contribution in [-0.2, 0) is 21.0 Å². The molecule has 4 heterocycles. The number of nitrogens with one attached hydrogen (secondary N) is 3. The van der Waals surface area contributed by atoms with E-state index in [0.29, 0.717) is 78.6 Å². The first-order valence-electron chi connectivity index (χ1n) is 12.1. The fourth-order valence-electron chi connectivity index (χ4n) is 4.94. The Morgan fingerprint density at radius 1 is 1.03 bits per heavy atom. The maximum Gasteiger partial charge on any atom is 0.272 e. The van der Waals surface area contributed by atoms with E-state index in [-0.39, 0.29) is 24.1 Å². The average molecular weight is 566 g/mol. The van der Waals surface area contributed by atoms with Crippen molar-refractivity contribution in [3.05, 3.63) is 68.4 Å². The molecule has 0 aliphatic carbocycles. The van der Waals surface area contributed by atoms with E-state index in [9.17, 15) is 9.59 Å². The van der Waals surface area contributed by atoms with Crippen LogP contribution in [0.2, 0.25) is 15.1 Å². The molecule has 2 saturated heterocycles. The molecule has 37 heavy (non-hydrogen) atoms. The summed E-state index contributed by atoms with van der Waals surface area (Å²) in [6.07, 6.45) is 2.83. The molecule has 0 saturated carbocycles. The average Bonchev–Trinajstić information content (AvgIpc) is 3.27. The molecule has 5 rings (SSSR count). The number of amides is 2. The summed E-state index contributed by atoms with van der Waals surface area (Å²) in [6.45, 7) is 3.66. The number of rotatable bonds is 5. The number of carbonyl (C=O) groups excluding carboxylic acids is 2. The van der Waals surface area contributed by atoms with Gasteiger partial charge in [-0.05, 0) is 55.8 Å². The van der Waals surface area contributed by atoms with Crippen molar-refractivity contribution in [2.24, 2.45) is 0 Å². The predicted molar refractivity (Wildman–Crippen MR) is 142 cm³/mol. The van der Waals surface area contributed by atoms with Gasteiger partial charge in [0.25, 0.3) is 11.8 Å². The zero-order valence-corrected chi connectivity index (χ0v) is 22.3. The number of benzene rings is 1.